The van der Waals surface area contributed by atoms with Gasteiger partial charge >= 0.3 is 0 Å². The van der Waals surface area contributed by atoms with Crippen molar-refractivity contribution in [2.45, 2.75) is 26.4 Å². The van der Waals surface area contributed by atoms with Crippen LogP contribution in [0.3, 0.4) is 0 Å². The zero-order chi connectivity index (χ0) is 8.53. The van der Waals surface area contributed by atoms with E-state index in [1.807, 2.05) is 13.8 Å². The van der Waals surface area contributed by atoms with Crippen LogP contribution in [0, 0.1) is 12.3 Å². The Bertz CT molecular complexity index is 115. The number of ether oxygens (including phenoxy) is 2. The first-order valence-corrected chi connectivity index (χ1v) is 3.96. The van der Waals surface area contributed by atoms with Gasteiger partial charge in [0.25, 0.3) is 0 Å². The molecule has 63 valence electrons. The number of rotatable bonds is 6. The number of hydrogen-bond acceptors (Lipinski definition) is 2. The van der Waals surface area contributed by atoms with Gasteiger partial charge in [0, 0.05) is 6.61 Å². The van der Waals surface area contributed by atoms with Crippen molar-refractivity contribution < 1.29 is 9.47 Å². The molecule has 1 unspecified atom stereocenters. The van der Waals surface area contributed by atoms with Gasteiger partial charge in [0.05, 0.1) is 13.2 Å². The van der Waals surface area contributed by atoms with Crippen molar-refractivity contribution in [2.75, 3.05) is 19.8 Å². The van der Waals surface area contributed by atoms with Gasteiger partial charge in [-0.05, 0) is 19.8 Å². The predicted molar refractivity (Wildman–Crippen MR) is 43.7 cm³/mol. The highest BCUT2D eigenvalue weighted by Gasteiger charge is 1.99. The topological polar surface area (TPSA) is 18.5 Å². The van der Waals surface area contributed by atoms with Gasteiger partial charge in [0.1, 0.15) is 6.10 Å². The van der Waals surface area contributed by atoms with Gasteiger partial charge in [0.2, 0.25) is 0 Å². The van der Waals surface area contributed by atoms with Crippen LogP contribution in [0.1, 0.15) is 20.3 Å². The molecule has 1 atom stereocenters. The summed E-state index contributed by atoms with van der Waals surface area (Å²) in [7, 11) is 0. The Morgan fingerprint density at radius 3 is 2.55 bits per heavy atom. The van der Waals surface area contributed by atoms with E-state index < -0.39 is 0 Å². The molecule has 0 aromatic carbocycles. The first-order chi connectivity index (χ1) is 5.35. The summed E-state index contributed by atoms with van der Waals surface area (Å²) in [5, 5.41) is 0. The fourth-order valence-electron chi connectivity index (χ4n) is 0.655. The van der Waals surface area contributed by atoms with Crippen molar-refractivity contribution in [2.24, 2.45) is 0 Å². The van der Waals surface area contributed by atoms with Crippen molar-refractivity contribution in [3.05, 3.63) is 6.42 Å². The van der Waals surface area contributed by atoms with Crippen LogP contribution >= 0.6 is 0 Å². The van der Waals surface area contributed by atoms with Crippen LogP contribution in [-0.2, 0) is 9.47 Å². The summed E-state index contributed by atoms with van der Waals surface area (Å²) in [5.74, 6) is 2.30. The lowest BCUT2D eigenvalue weighted by atomic mass is 10.3. The van der Waals surface area contributed by atoms with Gasteiger partial charge in [-0.25, -0.2) is 0 Å². The Hall–Kier alpha value is -0.520. The van der Waals surface area contributed by atoms with Gasteiger partial charge in [-0.15, -0.1) is 0 Å². The first-order valence-electron chi connectivity index (χ1n) is 3.96. The summed E-state index contributed by atoms with van der Waals surface area (Å²) < 4.78 is 10.3. The zero-order valence-electron chi connectivity index (χ0n) is 7.22. The van der Waals surface area contributed by atoms with Crippen molar-refractivity contribution in [1.29, 1.82) is 0 Å². The third-order valence-corrected chi connectivity index (χ3v) is 1.28. The van der Waals surface area contributed by atoms with Crippen LogP contribution in [0.4, 0.5) is 0 Å². The second kappa shape index (κ2) is 7.59. The SMILES string of the molecule is [C]#CC(CC)OCCOCC. The standard InChI is InChI=1S/C9H15O2/c1-4-9(5-2)11-8-7-10-6-3/h9H,4,6-8H2,1,3H3. The summed E-state index contributed by atoms with van der Waals surface area (Å²) in [6.45, 7) is 5.79. The van der Waals surface area contributed by atoms with E-state index in [0.29, 0.717) is 19.8 Å². The van der Waals surface area contributed by atoms with E-state index in [0.717, 1.165) is 6.42 Å². The van der Waals surface area contributed by atoms with Crippen molar-refractivity contribution >= 4 is 0 Å². The molecule has 0 fully saturated rings. The van der Waals surface area contributed by atoms with E-state index >= 15 is 0 Å². The molecular weight excluding hydrogens is 140 g/mol. The van der Waals surface area contributed by atoms with E-state index in [9.17, 15) is 0 Å². The molecular formula is C9H15O2. The second-order valence-electron chi connectivity index (χ2n) is 2.11. The van der Waals surface area contributed by atoms with Gasteiger partial charge in [-0.1, -0.05) is 12.8 Å². The van der Waals surface area contributed by atoms with Gasteiger partial charge < -0.3 is 9.47 Å². The molecule has 0 heterocycles. The molecule has 2 nitrogen and oxygen atoms in total. The Kier molecular flexibility index (Phi) is 7.23. The van der Waals surface area contributed by atoms with Crippen molar-refractivity contribution in [1.82, 2.24) is 0 Å². The summed E-state index contributed by atoms with van der Waals surface area (Å²) in [5.41, 5.74) is 0. The van der Waals surface area contributed by atoms with Crippen LogP contribution in [0.5, 0.6) is 0 Å². The smallest absolute Gasteiger partial charge is 0.119 e. The molecule has 0 saturated carbocycles. The summed E-state index contributed by atoms with van der Waals surface area (Å²) in [4.78, 5) is 0. The average Bonchev–Trinajstić information content (AvgIpc) is 2.05. The molecule has 0 aromatic heterocycles. The molecule has 0 amide bonds. The molecule has 0 aliphatic heterocycles. The first kappa shape index (κ1) is 10.5. The molecule has 11 heavy (non-hydrogen) atoms. The highest BCUT2D eigenvalue weighted by Crippen LogP contribution is 1.94. The lowest BCUT2D eigenvalue weighted by Crippen LogP contribution is -2.13. The maximum absolute atomic E-state index is 6.82. The Balaban J connectivity index is 3.16. The molecule has 2 heteroatoms. The third kappa shape index (κ3) is 5.90. The minimum Gasteiger partial charge on any atom is -0.379 e. The highest BCUT2D eigenvalue weighted by atomic mass is 16.5. The van der Waals surface area contributed by atoms with Gasteiger partial charge in [-0.3, -0.25) is 0 Å². The van der Waals surface area contributed by atoms with E-state index in [1.54, 1.807) is 0 Å². The molecule has 0 rings (SSSR count). The maximum atomic E-state index is 6.82. The average molecular weight is 155 g/mol. The summed E-state index contributed by atoms with van der Waals surface area (Å²) in [6, 6.07) is 0. The van der Waals surface area contributed by atoms with E-state index in [1.165, 1.54) is 0 Å². The van der Waals surface area contributed by atoms with Crippen LogP contribution in [0.2, 0.25) is 0 Å². The summed E-state index contributed by atoms with van der Waals surface area (Å²) >= 11 is 0. The van der Waals surface area contributed by atoms with E-state index in [4.69, 9.17) is 15.9 Å². The van der Waals surface area contributed by atoms with Gasteiger partial charge in [0.15, 0.2) is 0 Å². The van der Waals surface area contributed by atoms with Crippen LogP contribution in [-0.4, -0.2) is 25.9 Å². The quantitative estimate of drug-likeness (QED) is 0.426. The lowest BCUT2D eigenvalue weighted by Gasteiger charge is -2.08. The zero-order valence-corrected chi connectivity index (χ0v) is 7.22. The van der Waals surface area contributed by atoms with Crippen LogP contribution < -0.4 is 0 Å². The van der Waals surface area contributed by atoms with Crippen LogP contribution in [0.25, 0.3) is 0 Å². The predicted octanol–water partition coefficient (Wildman–Crippen LogP) is 1.41. The lowest BCUT2D eigenvalue weighted by molar-refractivity contribution is 0.0292. The molecule has 0 aromatic rings. The maximum Gasteiger partial charge on any atom is 0.119 e. The fraction of sp³-hybridized carbons (Fsp3) is 0.778. The Morgan fingerprint density at radius 1 is 1.36 bits per heavy atom. The van der Waals surface area contributed by atoms with Crippen molar-refractivity contribution in [3.63, 3.8) is 0 Å². The Morgan fingerprint density at radius 2 is 2.09 bits per heavy atom. The van der Waals surface area contributed by atoms with Gasteiger partial charge in [-0.2, -0.15) is 0 Å². The summed E-state index contributed by atoms with van der Waals surface area (Å²) in [6.07, 6.45) is 7.47. The molecule has 1 radical (unpaired) electrons. The van der Waals surface area contributed by atoms with E-state index in [2.05, 4.69) is 5.92 Å². The molecule has 0 bridgehead atoms. The Labute approximate surface area is 68.9 Å². The molecule has 0 aliphatic carbocycles. The minimum atomic E-state index is -0.157. The number of hydrogen-bond donors (Lipinski definition) is 0. The highest BCUT2D eigenvalue weighted by molar-refractivity contribution is 4.87. The van der Waals surface area contributed by atoms with E-state index in [-0.39, 0.29) is 6.10 Å². The fourth-order valence-corrected chi connectivity index (χ4v) is 0.655. The molecule has 0 N–H and O–H groups in total. The normalized spacial score (nSPS) is 12.5. The molecule has 0 aliphatic rings. The minimum absolute atomic E-state index is 0.157. The van der Waals surface area contributed by atoms with Crippen molar-refractivity contribution in [3.8, 4) is 5.92 Å². The largest absolute Gasteiger partial charge is 0.379 e. The van der Waals surface area contributed by atoms with Crippen LogP contribution in [0.15, 0.2) is 0 Å². The molecule has 0 spiro atoms. The monoisotopic (exact) mass is 155 g/mol. The second-order valence-corrected chi connectivity index (χ2v) is 2.11. The third-order valence-electron chi connectivity index (χ3n) is 1.28. The molecule has 0 saturated heterocycles.